The van der Waals surface area contributed by atoms with Crippen LogP contribution in [0.4, 0.5) is 0 Å². The van der Waals surface area contributed by atoms with Crippen LogP contribution >= 0.6 is 0 Å². The van der Waals surface area contributed by atoms with Crippen LogP contribution in [-0.2, 0) is 21.3 Å². The molecule has 2 aliphatic carbocycles. The quantitative estimate of drug-likeness (QED) is 0.586. The molecule has 0 atom stereocenters. The van der Waals surface area contributed by atoms with Crippen LogP contribution in [0, 0.1) is 0 Å². The van der Waals surface area contributed by atoms with Gasteiger partial charge in [-0.3, -0.25) is 0 Å². The predicted octanol–water partition coefficient (Wildman–Crippen LogP) is 4.94. The van der Waals surface area contributed by atoms with Gasteiger partial charge in [-0.15, -0.1) is 0 Å². The maximum atomic E-state index is 4.88. The van der Waals surface area contributed by atoms with Gasteiger partial charge in [-0.2, -0.15) is 0 Å². The summed E-state index contributed by atoms with van der Waals surface area (Å²) in [5, 5.41) is 4.93. The third-order valence-electron chi connectivity index (χ3n) is 5.52. The summed E-state index contributed by atoms with van der Waals surface area (Å²) in [6, 6.07) is 15.7. The van der Waals surface area contributed by atoms with Crippen LogP contribution < -0.4 is 3.87 Å². The van der Waals surface area contributed by atoms with Gasteiger partial charge in [0.15, 0.2) is 0 Å². The van der Waals surface area contributed by atoms with Gasteiger partial charge in [-0.1, -0.05) is 0 Å². The van der Waals surface area contributed by atoms with Crippen molar-refractivity contribution in [3.8, 4) is 11.1 Å². The minimum absolute atomic E-state index is 1.07. The van der Waals surface area contributed by atoms with Crippen molar-refractivity contribution < 1.29 is 14.8 Å². The van der Waals surface area contributed by atoms with Gasteiger partial charge in [-0.25, -0.2) is 0 Å². The monoisotopic (exact) mass is 322 g/mol. The second-order valence-corrected chi connectivity index (χ2v) is 17.9. The minimum atomic E-state index is -3.07. The molecular weight excluding hydrogens is 300 g/mol. The van der Waals surface area contributed by atoms with E-state index >= 15 is 0 Å². The molecule has 2 aromatic rings. The van der Waals surface area contributed by atoms with Crippen molar-refractivity contribution in [3.63, 3.8) is 0 Å². The molecule has 0 spiro atoms. The Balaban J connectivity index is 1.95. The Labute approximate surface area is 133 Å². The second kappa shape index (κ2) is 4.50. The number of hydrogen-bond acceptors (Lipinski definition) is 0. The summed E-state index contributed by atoms with van der Waals surface area (Å²) < 4.78 is 3.14. The van der Waals surface area contributed by atoms with Gasteiger partial charge in [0.2, 0.25) is 0 Å². The summed E-state index contributed by atoms with van der Waals surface area (Å²) in [5.74, 6) is 0. The van der Waals surface area contributed by atoms with E-state index in [1.165, 1.54) is 22.3 Å². The van der Waals surface area contributed by atoms with Crippen molar-refractivity contribution >= 4 is 8.69 Å². The topological polar surface area (TPSA) is 0 Å². The molecular formula is C21H22Ti. The first-order valence-corrected chi connectivity index (χ1v) is 13.9. The van der Waals surface area contributed by atoms with E-state index in [0.29, 0.717) is 0 Å². The molecule has 0 aliphatic heterocycles. The number of hydrogen-bond donors (Lipinski definition) is 0. The van der Waals surface area contributed by atoms with Crippen molar-refractivity contribution in [1.82, 2.24) is 0 Å². The SMILES string of the molecule is [CH2]=[Ti]([CH3])([CH3])([C]1=CC=CC1)[c]1cccc2c1Cc1ccccc1-2. The predicted molar refractivity (Wildman–Crippen MR) is 95.0 cm³/mol. The molecule has 22 heavy (non-hydrogen) atoms. The normalized spacial score (nSPS) is 16.4. The van der Waals surface area contributed by atoms with E-state index in [1.54, 1.807) is 7.75 Å². The first kappa shape index (κ1) is 14.1. The van der Waals surface area contributed by atoms with Gasteiger partial charge in [0.05, 0.1) is 0 Å². The van der Waals surface area contributed by atoms with E-state index in [0.717, 1.165) is 12.8 Å². The molecule has 0 saturated heterocycles. The maximum absolute atomic E-state index is 4.88. The van der Waals surface area contributed by atoms with Crippen molar-refractivity contribution in [2.45, 2.75) is 23.3 Å². The molecule has 4 rings (SSSR count). The van der Waals surface area contributed by atoms with Crippen molar-refractivity contribution in [2.75, 3.05) is 0 Å². The van der Waals surface area contributed by atoms with E-state index in [4.69, 9.17) is 4.82 Å². The van der Waals surface area contributed by atoms with Crippen LogP contribution in [-0.4, -0.2) is 4.82 Å². The summed E-state index contributed by atoms with van der Waals surface area (Å²) in [7, 11) is 0. The van der Waals surface area contributed by atoms with Gasteiger partial charge in [0.25, 0.3) is 0 Å². The Morgan fingerprint density at radius 2 is 1.73 bits per heavy atom. The van der Waals surface area contributed by atoms with Gasteiger partial charge < -0.3 is 0 Å². The van der Waals surface area contributed by atoms with E-state index in [2.05, 4.69) is 71.1 Å². The van der Waals surface area contributed by atoms with Crippen LogP contribution in [0.3, 0.4) is 0 Å². The van der Waals surface area contributed by atoms with E-state index in [1.807, 2.05) is 0 Å². The Morgan fingerprint density at radius 3 is 2.50 bits per heavy atom. The van der Waals surface area contributed by atoms with Crippen molar-refractivity contribution in [3.05, 3.63) is 75.7 Å². The van der Waals surface area contributed by atoms with E-state index < -0.39 is 14.8 Å². The Hall–Kier alpha value is -1.50. The zero-order valence-corrected chi connectivity index (χ0v) is 15.0. The number of benzene rings is 2. The molecule has 110 valence electrons. The third-order valence-corrected chi connectivity index (χ3v) is 12.7. The Bertz CT molecular complexity index is 903. The van der Waals surface area contributed by atoms with Crippen LogP contribution in [0.15, 0.2) is 64.6 Å². The molecule has 2 aliphatic rings. The molecule has 0 radical (unpaired) electrons. The molecule has 0 saturated carbocycles. The number of allylic oxidation sites excluding steroid dienone is 4. The zero-order chi connectivity index (χ0) is 15.4. The van der Waals surface area contributed by atoms with Gasteiger partial charge in [-0.05, 0) is 0 Å². The molecule has 1 heteroatoms. The number of rotatable bonds is 2. The average Bonchev–Trinajstić information content (AvgIpc) is 3.14. The summed E-state index contributed by atoms with van der Waals surface area (Å²) in [5.41, 5.74) is 5.85. The van der Waals surface area contributed by atoms with E-state index in [9.17, 15) is 0 Å². The van der Waals surface area contributed by atoms with Gasteiger partial charge in [0, 0.05) is 0 Å². The fraction of sp³-hybridized carbons (Fsp3) is 0.190. The van der Waals surface area contributed by atoms with Crippen LogP contribution in [0.25, 0.3) is 11.1 Å². The molecule has 0 aromatic heterocycles. The van der Waals surface area contributed by atoms with Gasteiger partial charge in [0.1, 0.15) is 0 Å². The van der Waals surface area contributed by atoms with Crippen molar-refractivity contribution in [2.24, 2.45) is 0 Å². The molecule has 0 nitrogen and oxygen atoms in total. The fourth-order valence-corrected chi connectivity index (χ4v) is 9.70. The van der Waals surface area contributed by atoms with Crippen LogP contribution in [0.1, 0.15) is 17.5 Å². The summed E-state index contributed by atoms with van der Waals surface area (Å²) in [4.78, 5) is 4.88. The fourth-order valence-electron chi connectivity index (χ4n) is 4.12. The molecule has 0 bridgehead atoms. The standard InChI is InChI=1S/C13H9.C5H5.2CH3.CH2.Ti/c1-3-7-12-10(5-1)9-11-6-2-4-8-13(11)12;1-2-4-5-3-1;;;;/h1-5,7-8H,9H2;1-3H,4H2;2*1H3;1H2;. The third kappa shape index (κ3) is 1.91. The molecule has 0 heterocycles. The summed E-state index contributed by atoms with van der Waals surface area (Å²) >= 11 is -3.07. The molecule has 2 aromatic carbocycles. The second-order valence-electron chi connectivity index (χ2n) is 7.68. The number of fused-ring (bicyclic) bond motifs is 3. The molecule has 0 N–H and O–H groups in total. The molecule has 0 amide bonds. The molecule has 0 fully saturated rings. The zero-order valence-electron chi connectivity index (χ0n) is 13.4. The Kier molecular flexibility index (Phi) is 2.89. The van der Waals surface area contributed by atoms with Crippen LogP contribution in [0.2, 0.25) is 10.5 Å². The van der Waals surface area contributed by atoms with Gasteiger partial charge >= 0.3 is 134 Å². The average molecular weight is 322 g/mol. The van der Waals surface area contributed by atoms with Crippen LogP contribution in [0.5, 0.6) is 0 Å². The van der Waals surface area contributed by atoms with E-state index in [-0.39, 0.29) is 0 Å². The van der Waals surface area contributed by atoms with Crippen molar-refractivity contribution in [1.29, 1.82) is 0 Å². The first-order chi connectivity index (χ1) is 10.5. The molecule has 0 unspecified atom stereocenters. The summed E-state index contributed by atoms with van der Waals surface area (Å²) in [6.45, 7) is 0. The Morgan fingerprint density at radius 1 is 0.955 bits per heavy atom. The first-order valence-electron chi connectivity index (χ1n) is 8.10. The summed E-state index contributed by atoms with van der Waals surface area (Å²) in [6.07, 6.45) is 8.96.